The standard InChI is InChI=1S/C13H26O5S/c1-17-10-11-18-13(14)9-7-5-3-2-4-6-8-12-19(15)16/h2-12H2,1H3,(H,15,16). The smallest absolute Gasteiger partial charge is 0.305 e. The van der Waals surface area contributed by atoms with Gasteiger partial charge in [-0.25, -0.2) is 4.21 Å². The molecule has 19 heavy (non-hydrogen) atoms. The lowest BCUT2D eigenvalue weighted by Gasteiger charge is -2.04. The first-order valence-electron chi connectivity index (χ1n) is 6.89. The second-order valence-electron chi connectivity index (χ2n) is 4.46. The minimum absolute atomic E-state index is 0.150. The normalized spacial score (nSPS) is 12.3. The fourth-order valence-electron chi connectivity index (χ4n) is 1.69. The Morgan fingerprint density at radius 3 is 2.16 bits per heavy atom. The molecule has 0 aliphatic heterocycles. The van der Waals surface area contributed by atoms with Gasteiger partial charge in [-0.15, -0.1) is 0 Å². The van der Waals surface area contributed by atoms with Crippen LogP contribution in [0.5, 0.6) is 0 Å². The Balaban J connectivity index is 3.13. The van der Waals surface area contributed by atoms with Crippen molar-refractivity contribution in [2.75, 3.05) is 26.1 Å². The Kier molecular flexibility index (Phi) is 13.6. The molecule has 0 saturated heterocycles. The summed E-state index contributed by atoms with van der Waals surface area (Å²) in [5.41, 5.74) is 0. The van der Waals surface area contributed by atoms with Crippen molar-refractivity contribution in [1.82, 2.24) is 0 Å². The third-order valence-corrected chi connectivity index (χ3v) is 3.39. The van der Waals surface area contributed by atoms with Crippen molar-refractivity contribution in [1.29, 1.82) is 0 Å². The molecule has 0 saturated carbocycles. The molecule has 0 bridgehead atoms. The molecule has 0 aliphatic rings. The van der Waals surface area contributed by atoms with E-state index in [2.05, 4.69) is 0 Å². The zero-order valence-electron chi connectivity index (χ0n) is 11.8. The van der Waals surface area contributed by atoms with E-state index in [1.165, 1.54) is 0 Å². The molecular weight excluding hydrogens is 268 g/mol. The molecule has 0 heterocycles. The summed E-state index contributed by atoms with van der Waals surface area (Å²) in [5.74, 6) is 0.232. The number of hydrogen-bond donors (Lipinski definition) is 1. The number of methoxy groups -OCH3 is 1. The van der Waals surface area contributed by atoms with Crippen molar-refractivity contribution in [3.63, 3.8) is 0 Å². The lowest BCUT2D eigenvalue weighted by Crippen LogP contribution is -2.09. The highest BCUT2D eigenvalue weighted by Gasteiger charge is 2.02. The van der Waals surface area contributed by atoms with Gasteiger partial charge in [0, 0.05) is 19.3 Å². The zero-order chi connectivity index (χ0) is 14.3. The Hall–Kier alpha value is -0.460. The number of rotatable bonds is 13. The maximum atomic E-state index is 11.2. The molecule has 5 nitrogen and oxygen atoms in total. The lowest BCUT2D eigenvalue weighted by atomic mass is 10.1. The molecule has 1 atom stereocenters. The van der Waals surface area contributed by atoms with Gasteiger partial charge in [0.1, 0.15) is 6.61 Å². The van der Waals surface area contributed by atoms with Gasteiger partial charge in [0.25, 0.3) is 0 Å². The third-order valence-electron chi connectivity index (χ3n) is 2.75. The average molecular weight is 294 g/mol. The van der Waals surface area contributed by atoms with Crippen LogP contribution in [0.2, 0.25) is 0 Å². The number of hydrogen-bond acceptors (Lipinski definition) is 4. The van der Waals surface area contributed by atoms with Crippen LogP contribution in [0.4, 0.5) is 0 Å². The lowest BCUT2D eigenvalue weighted by molar-refractivity contribution is -0.145. The number of carbonyl (C=O) groups excluding carboxylic acids is 1. The van der Waals surface area contributed by atoms with E-state index in [0.717, 1.165) is 44.9 Å². The van der Waals surface area contributed by atoms with E-state index in [-0.39, 0.29) is 5.97 Å². The first-order chi connectivity index (χ1) is 9.16. The number of ether oxygens (including phenoxy) is 2. The summed E-state index contributed by atoms with van der Waals surface area (Å²) in [4.78, 5) is 11.2. The van der Waals surface area contributed by atoms with E-state index in [4.69, 9.17) is 14.0 Å². The molecule has 0 radical (unpaired) electrons. The predicted octanol–water partition coefficient (Wildman–Crippen LogP) is 2.52. The van der Waals surface area contributed by atoms with Gasteiger partial charge in [0.05, 0.1) is 6.61 Å². The molecule has 0 spiro atoms. The zero-order valence-corrected chi connectivity index (χ0v) is 12.6. The van der Waals surface area contributed by atoms with Gasteiger partial charge in [-0.2, -0.15) is 0 Å². The predicted molar refractivity (Wildman–Crippen MR) is 75.4 cm³/mol. The van der Waals surface area contributed by atoms with Crippen molar-refractivity contribution in [3.8, 4) is 0 Å². The Bertz CT molecular complexity index is 245. The minimum atomic E-state index is -1.65. The largest absolute Gasteiger partial charge is 0.463 e. The van der Waals surface area contributed by atoms with E-state index >= 15 is 0 Å². The third kappa shape index (κ3) is 15.5. The molecule has 0 aromatic carbocycles. The van der Waals surface area contributed by atoms with Gasteiger partial charge in [0.2, 0.25) is 0 Å². The van der Waals surface area contributed by atoms with Crippen molar-refractivity contribution in [3.05, 3.63) is 0 Å². The van der Waals surface area contributed by atoms with Crippen LogP contribution in [0, 0.1) is 0 Å². The Morgan fingerprint density at radius 2 is 1.58 bits per heavy atom. The summed E-state index contributed by atoms with van der Waals surface area (Å²) in [7, 11) is 1.58. The summed E-state index contributed by atoms with van der Waals surface area (Å²) in [6, 6.07) is 0. The van der Waals surface area contributed by atoms with E-state index in [1.807, 2.05) is 0 Å². The molecule has 1 N–H and O–H groups in total. The molecule has 1 unspecified atom stereocenters. The van der Waals surface area contributed by atoms with Crippen LogP contribution in [0.15, 0.2) is 0 Å². The van der Waals surface area contributed by atoms with E-state index in [0.29, 0.717) is 25.4 Å². The summed E-state index contributed by atoms with van der Waals surface area (Å²) in [5, 5.41) is 0. The molecular formula is C13H26O5S. The highest BCUT2D eigenvalue weighted by molar-refractivity contribution is 7.79. The molecule has 0 fully saturated rings. The van der Waals surface area contributed by atoms with Crippen molar-refractivity contribution >= 4 is 17.0 Å². The molecule has 114 valence electrons. The highest BCUT2D eigenvalue weighted by Crippen LogP contribution is 2.09. The first kappa shape index (κ1) is 18.5. The summed E-state index contributed by atoms with van der Waals surface area (Å²) < 4.78 is 28.7. The van der Waals surface area contributed by atoms with Crippen molar-refractivity contribution < 1.29 is 23.0 Å². The molecule has 0 aromatic rings. The Morgan fingerprint density at radius 1 is 1.00 bits per heavy atom. The first-order valence-corrected chi connectivity index (χ1v) is 8.16. The van der Waals surface area contributed by atoms with Gasteiger partial charge in [-0.1, -0.05) is 32.1 Å². The van der Waals surface area contributed by atoms with E-state index in [1.54, 1.807) is 7.11 Å². The summed E-state index contributed by atoms with van der Waals surface area (Å²) in [6.07, 6.45) is 7.52. The molecule has 0 amide bonds. The SMILES string of the molecule is COCCOC(=O)CCCCCCCCCS(=O)O. The fraction of sp³-hybridized carbons (Fsp3) is 0.923. The highest BCUT2D eigenvalue weighted by atomic mass is 32.2. The van der Waals surface area contributed by atoms with Crippen LogP contribution in [0.3, 0.4) is 0 Å². The van der Waals surface area contributed by atoms with Gasteiger partial charge >= 0.3 is 5.97 Å². The molecule has 0 aromatic heterocycles. The van der Waals surface area contributed by atoms with Crippen LogP contribution < -0.4 is 0 Å². The molecule has 0 rings (SSSR count). The fourth-order valence-corrected chi connectivity index (χ4v) is 2.14. The van der Waals surface area contributed by atoms with Gasteiger partial charge in [0.15, 0.2) is 11.1 Å². The molecule has 0 aliphatic carbocycles. The Labute approximate surface area is 118 Å². The minimum Gasteiger partial charge on any atom is -0.463 e. The van der Waals surface area contributed by atoms with E-state index < -0.39 is 11.1 Å². The number of carbonyl (C=O) groups is 1. The second kappa shape index (κ2) is 14.0. The van der Waals surface area contributed by atoms with Gasteiger partial charge < -0.3 is 14.0 Å². The van der Waals surface area contributed by atoms with Gasteiger partial charge in [-0.05, 0) is 12.8 Å². The average Bonchev–Trinajstić information content (AvgIpc) is 2.36. The summed E-state index contributed by atoms with van der Waals surface area (Å²) in [6.45, 7) is 0.784. The van der Waals surface area contributed by atoms with Crippen LogP contribution >= 0.6 is 0 Å². The van der Waals surface area contributed by atoms with Gasteiger partial charge in [-0.3, -0.25) is 4.79 Å². The summed E-state index contributed by atoms with van der Waals surface area (Å²) >= 11 is -1.65. The molecule has 6 heteroatoms. The maximum Gasteiger partial charge on any atom is 0.305 e. The monoisotopic (exact) mass is 294 g/mol. The maximum absolute atomic E-state index is 11.2. The van der Waals surface area contributed by atoms with Crippen LogP contribution in [-0.2, 0) is 25.3 Å². The number of unbranched alkanes of at least 4 members (excludes halogenated alkanes) is 6. The van der Waals surface area contributed by atoms with Crippen LogP contribution in [-0.4, -0.2) is 40.8 Å². The second-order valence-corrected chi connectivity index (χ2v) is 5.51. The van der Waals surface area contributed by atoms with E-state index in [9.17, 15) is 9.00 Å². The van der Waals surface area contributed by atoms with Crippen molar-refractivity contribution in [2.24, 2.45) is 0 Å². The topological polar surface area (TPSA) is 72.8 Å². The van der Waals surface area contributed by atoms with Crippen molar-refractivity contribution in [2.45, 2.75) is 51.4 Å². The van der Waals surface area contributed by atoms with Crippen LogP contribution in [0.1, 0.15) is 51.4 Å². The van der Waals surface area contributed by atoms with Crippen LogP contribution in [0.25, 0.3) is 0 Å². The number of esters is 1. The quantitative estimate of drug-likeness (QED) is 0.321.